The van der Waals surface area contributed by atoms with Gasteiger partial charge in [0.15, 0.2) is 5.43 Å². The molecule has 78 valence electrons. The molecule has 0 aliphatic rings. The molecule has 0 radical (unpaired) electrons. The lowest BCUT2D eigenvalue weighted by Gasteiger charge is -2.13. The fraction of sp³-hybridized carbons (Fsp3) is 0.250. The van der Waals surface area contributed by atoms with Crippen molar-refractivity contribution >= 4 is 10.9 Å². The van der Waals surface area contributed by atoms with Crippen molar-refractivity contribution in [1.29, 1.82) is 0 Å². The van der Waals surface area contributed by atoms with E-state index in [-0.39, 0.29) is 17.3 Å². The Kier molecular flexibility index (Phi) is 2.31. The second kappa shape index (κ2) is 3.50. The van der Waals surface area contributed by atoms with Gasteiger partial charge < -0.3 is 4.57 Å². The van der Waals surface area contributed by atoms with Gasteiger partial charge in [0.1, 0.15) is 5.82 Å². The molecule has 0 atom stereocenters. The lowest BCUT2D eigenvalue weighted by atomic mass is 10.2. The monoisotopic (exact) mass is 205 g/mol. The Morgan fingerprint density at radius 2 is 2.00 bits per heavy atom. The molecular weight excluding hydrogens is 193 g/mol. The van der Waals surface area contributed by atoms with E-state index in [0.717, 1.165) is 5.52 Å². The van der Waals surface area contributed by atoms with Crippen LogP contribution in [0.25, 0.3) is 10.9 Å². The summed E-state index contributed by atoms with van der Waals surface area (Å²) in [5, 5.41) is 0.436. The smallest absolute Gasteiger partial charge is 0.189 e. The molecule has 2 nitrogen and oxygen atoms in total. The molecule has 2 rings (SSSR count). The van der Waals surface area contributed by atoms with Gasteiger partial charge in [0.05, 0.1) is 5.52 Å². The average Bonchev–Trinajstić information content (AvgIpc) is 2.19. The Morgan fingerprint density at radius 1 is 1.27 bits per heavy atom. The molecule has 0 saturated carbocycles. The summed E-state index contributed by atoms with van der Waals surface area (Å²) in [7, 11) is 0. The van der Waals surface area contributed by atoms with Crippen LogP contribution in [-0.4, -0.2) is 4.57 Å². The van der Waals surface area contributed by atoms with E-state index in [1.54, 1.807) is 12.3 Å². The molecule has 0 fully saturated rings. The van der Waals surface area contributed by atoms with E-state index >= 15 is 0 Å². The van der Waals surface area contributed by atoms with Gasteiger partial charge in [-0.15, -0.1) is 0 Å². The molecule has 0 amide bonds. The first kappa shape index (κ1) is 9.90. The Hall–Kier alpha value is -1.64. The van der Waals surface area contributed by atoms with Gasteiger partial charge in [-0.05, 0) is 32.0 Å². The minimum absolute atomic E-state index is 0.138. The first-order chi connectivity index (χ1) is 7.09. The number of halogens is 1. The minimum atomic E-state index is -0.374. The topological polar surface area (TPSA) is 22.0 Å². The van der Waals surface area contributed by atoms with Gasteiger partial charge in [-0.3, -0.25) is 4.79 Å². The molecule has 1 aromatic heterocycles. The van der Waals surface area contributed by atoms with Gasteiger partial charge in [0.2, 0.25) is 0 Å². The predicted octanol–water partition coefficient (Wildman–Crippen LogP) is 2.72. The third kappa shape index (κ3) is 1.65. The highest BCUT2D eigenvalue weighted by molar-refractivity contribution is 5.78. The van der Waals surface area contributed by atoms with Crippen LogP contribution in [0.5, 0.6) is 0 Å². The first-order valence-corrected chi connectivity index (χ1v) is 4.90. The van der Waals surface area contributed by atoms with Gasteiger partial charge in [-0.25, -0.2) is 4.39 Å². The van der Waals surface area contributed by atoms with Gasteiger partial charge >= 0.3 is 0 Å². The predicted molar refractivity (Wildman–Crippen MR) is 58.6 cm³/mol. The second-order valence-corrected chi connectivity index (χ2v) is 3.84. The molecule has 0 unspecified atom stereocenters. The van der Waals surface area contributed by atoms with Crippen molar-refractivity contribution in [2.45, 2.75) is 19.9 Å². The number of aromatic nitrogens is 1. The standard InChI is InChI=1S/C12H12FNO/c1-8(2)14-6-5-12(15)10-7-9(13)3-4-11(10)14/h3-8H,1-2H3. The van der Waals surface area contributed by atoms with Gasteiger partial charge in [0, 0.05) is 23.7 Å². The zero-order valence-electron chi connectivity index (χ0n) is 8.70. The van der Waals surface area contributed by atoms with Crippen molar-refractivity contribution in [2.75, 3.05) is 0 Å². The maximum atomic E-state index is 13.0. The molecule has 0 aliphatic carbocycles. The summed E-state index contributed by atoms with van der Waals surface area (Å²) in [6, 6.07) is 6.03. The van der Waals surface area contributed by atoms with Crippen LogP contribution in [0.4, 0.5) is 4.39 Å². The Balaban J connectivity index is 2.89. The van der Waals surface area contributed by atoms with Crippen molar-refractivity contribution in [3.8, 4) is 0 Å². The number of nitrogens with zero attached hydrogens (tertiary/aromatic N) is 1. The molecule has 3 heteroatoms. The van der Waals surface area contributed by atoms with Crippen LogP contribution in [0.3, 0.4) is 0 Å². The molecule has 1 heterocycles. The highest BCUT2D eigenvalue weighted by atomic mass is 19.1. The van der Waals surface area contributed by atoms with Crippen molar-refractivity contribution in [3.63, 3.8) is 0 Å². The third-order valence-corrected chi connectivity index (χ3v) is 2.45. The van der Waals surface area contributed by atoms with Crippen LogP contribution in [0.15, 0.2) is 35.3 Å². The van der Waals surface area contributed by atoms with E-state index in [0.29, 0.717) is 5.39 Å². The van der Waals surface area contributed by atoms with Crippen LogP contribution in [0.2, 0.25) is 0 Å². The van der Waals surface area contributed by atoms with E-state index in [9.17, 15) is 9.18 Å². The molecule has 0 saturated heterocycles. The maximum absolute atomic E-state index is 13.0. The van der Waals surface area contributed by atoms with Crippen molar-refractivity contribution in [1.82, 2.24) is 4.57 Å². The zero-order chi connectivity index (χ0) is 11.0. The van der Waals surface area contributed by atoms with Crippen LogP contribution in [0.1, 0.15) is 19.9 Å². The molecular formula is C12H12FNO. The van der Waals surface area contributed by atoms with Crippen LogP contribution >= 0.6 is 0 Å². The molecule has 0 N–H and O–H groups in total. The number of fused-ring (bicyclic) bond motifs is 1. The van der Waals surface area contributed by atoms with E-state index in [2.05, 4.69) is 0 Å². The van der Waals surface area contributed by atoms with E-state index < -0.39 is 0 Å². The minimum Gasteiger partial charge on any atom is -0.345 e. The molecule has 15 heavy (non-hydrogen) atoms. The highest BCUT2D eigenvalue weighted by Crippen LogP contribution is 2.15. The number of hydrogen-bond donors (Lipinski definition) is 0. The summed E-state index contributed by atoms with van der Waals surface area (Å²) in [6.45, 7) is 4.04. The van der Waals surface area contributed by atoms with Gasteiger partial charge in [-0.2, -0.15) is 0 Å². The highest BCUT2D eigenvalue weighted by Gasteiger charge is 2.05. The molecule has 0 aliphatic heterocycles. The van der Waals surface area contributed by atoms with Crippen LogP contribution < -0.4 is 5.43 Å². The number of pyridine rings is 1. The van der Waals surface area contributed by atoms with E-state index in [4.69, 9.17) is 0 Å². The summed E-state index contributed by atoms with van der Waals surface area (Å²) in [4.78, 5) is 11.5. The zero-order valence-corrected chi connectivity index (χ0v) is 8.70. The van der Waals surface area contributed by atoms with Crippen LogP contribution in [-0.2, 0) is 0 Å². The largest absolute Gasteiger partial charge is 0.345 e. The normalized spacial score (nSPS) is 11.2. The van der Waals surface area contributed by atoms with E-state index in [1.807, 2.05) is 18.4 Å². The molecule has 0 spiro atoms. The van der Waals surface area contributed by atoms with Crippen molar-refractivity contribution in [2.24, 2.45) is 0 Å². The summed E-state index contributed by atoms with van der Waals surface area (Å²) in [5.74, 6) is -0.374. The summed E-state index contributed by atoms with van der Waals surface area (Å²) in [5.41, 5.74) is 0.639. The fourth-order valence-corrected chi connectivity index (χ4v) is 1.70. The molecule has 0 bridgehead atoms. The fourth-order valence-electron chi connectivity index (χ4n) is 1.70. The van der Waals surface area contributed by atoms with Crippen molar-refractivity contribution < 1.29 is 4.39 Å². The number of rotatable bonds is 1. The number of hydrogen-bond acceptors (Lipinski definition) is 1. The maximum Gasteiger partial charge on any atom is 0.189 e. The SMILES string of the molecule is CC(C)n1ccc(=O)c2cc(F)ccc21. The lowest BCUT2D eigenvalue weighted by Crippen LogP contribution is -2.09. The Labute approximate surface area is 87.0 Å². The molecule has 2 aromatic rings. The van der Waals surface area contributed by atoms with Crippen LogP contribution in [0, 0.1) is 5.82 Å². The Bertz CT molecular complexity index is 557. The Morgan fingerprint density at radius 3 is 2.67 bits per heavy atom. The lowest BCUT2D eigenvalue weighted by molar-refractivity contribution is 0.612. The van der Waals surface area contributed by atoms with Gasteiger partial charge in [0.25, 0.3) is 0 Å². The molecule has 1 aromatic carbocycles. The van der Waals surface area contributed by atoms with Gasteiger partial charge in [-0.1, -0.05) is 0 Å². The summed E-state index contributed by atoms with van der Waals surface area (Å²) in [6.07, 6.45) is 1.74. The van der Waals surface area contributed by atoms with E-state index in [1.165, 1.54) is 18.2 Å². The summed E-state index contributed by atoms with van der Waals surface area (Å²) >= 11 is 0. The first-order valence-electron chi connectivity index (χ1n) is 4.90. The van der Waals surface area contributed by atoms with Crippen molar-refractivity contribution in [3.05, 3.63) is 46.5 Å². The number of benzene rings is 1. The third-order valence-electron chi connectivity index (χ3n) is 2.45. The quantitative estimate of drug-likeness (QED) is 0.701. The second-order valence-electron chi connectivity index (χ2n) is 3.84. The average molecular weight is 205 g/mol. The summed E-state index contributed by atoms with van der Waals surface area (Å²) < 4.78 is 15.0.